The standard InChI is InChI=1S/C17H22N2O2/c1-14-13-17(21-2)8-7-15(14)5-3-4-6-16-9-10-18-19(16)11-12-20/h4,6-10,13,20H,3,5,11-12H2,1-2H3/b6-4+. The van der Waals surface area contributed by atoms with E-state index in [4.69, 9.17) is 9.84 Å². The lowest BCUT2D eigenvalue weighted by Crippen LogP contribution is -2.05. The van der Waals surface area contributed by atoms with E-state index >= 15 is 0 Å². The molecule has 0 spiro atoms. The van der Waals surface area contributed by atoms with E-state index in [1.165, 1.54) is 11.1 Å². The zero-order valence-electron chi connectivity index (χ0n) is 12.6. The van der Waals surface area contributed by atoms with Crippen molar-refractivity contribution in [2.24, 2.45) is 0 Å². The highest BCUT2D eigenvalue weighted by atomic mass is 16.5. The van der Waals surface area contributed by atoms with Crippen LogP contribution in [-0.2, 0) is 13.0 Å². The number of allylic oxidation sites excluding steroid dienone is 1. The molecule has 4 nitrogen and oxygen atoms in total. The van der Waals surface area contributed by atoms with Gasteiger partial charge in [0.2, 0.25) is 0 Å². The fraction of sp³-hybridized carbons (Fsp3) is 0.353. The van der Waals surface area contributed by atoms with E-state index in [1.54, 1.807) is 18.0 Å². The summed E-state index contributed by atoms with van der Waals surface area (Å²) in [4.78, 5) is 0. The van der Waals surface area contributed by atoms with Crippen LogP contribution in [0.5, 0.6) is 5.75 Å². The molecular weight excluding hydrogens is 264 g/mol. The molecule has 1 N–H and O–H groups in total. The average Bonchev–Trinajstić information content (AvgIpc) is 2.92. The number of aliphatic hydroxyl groups excluding tert-OH is 1. The number of methoxy groups -OCH3 is 1. The molecule has 0 fully saturated rings. The predicted octanol–water partition coefficient (Wildman–Crippen LogP) is 2.84. The number of aromatic nitrogens is 2. The van der Waals surface area contributed by atoms with Gasteiger partial charge in [0.25, 0.3) is 0 Å². The monoisotopic (exact) mass is 286 g/mol. The fourth-order valence-electron chi connectivity index (χ4n) is 2.28. The molecule has 2 aromatic rings. The number of ether oxygens (including phenoxy) is 1. The van der Waals surface area contributed by atoms with Gasteiger partial charge < -0.3 is 9.84 Å². The topological polar surface area (TPSA) is 47.3 Å². The largest absolute Gasteiger partial charge is 0.497 e. The number of hydrogen-bond donors (Lipinski definition) is 1. The Bertz CT molecular complexity index is 603. The van der Waals surface area contributed by atoms with E-state index in [-0.39, 0.29) is 6.61 Å². The number of hydrogen-bond acceptors (Lipinski definition) is 3. The normalized spacial score (nSPS) is 11.2. The predicted molar refractivity (Wildman–Crippen MR) is 84.4 cm³/mol. The van der Waals surface area contributed by atoms with Gasteiger partial charge in [0.15, 0.2) is 0 Å². The minimum atomic E-state index is 0.105. The van der Waals surface area contributed by atoms with Crippen molar-refractivity contribution in [2.75, 3.05) is 13.7 Å². The van der Waals surface area contributed by atoms with Crippen LogP contribution in [0.25, 0.3) is 6.08 Å². The molecule has 0 aliphatic heterocycles. The first-order valence-corrected chi connectivity index (χ1v) is 7.17. The summed E-state index contributed by atoms with van der Waals surface area (Å²) in [7, 11) is 1.69. The summed E-state index contributed by atoms with van der Waals surface area (Å²) in [5, 5.41) is 13.1. The maximum absolute atomic E-state index is 8.96. The van der Waals surface area contributed by atoms with Gasteiger partial charge in [-0.15, -0.1) is 0 Å². The van der Waals surface area contributed by atoms with E-state index < -0.39 is 0 Å². The van der Waals surface area contributed by atoms with Gasteiger partial charge in [-0.1, -0.05) is 12.1 Å². The number of aryl methyl sites for hydroxylation is 2. The van der Waals surface area contributed by atoms with Crippen LogP contribution in [0.15, 0.2) is 36.5 Å². The summed E-state index contributed by atoms with van der Waals surface area (Å²) >= 11 is 0. The van der Waals surface area contributed by atoms with Crippen LogP contribution in [0.3, 0.4) is 0 Å². The molecule has 112 valence electrons. The van der Waals surface area contributed by atoms with Crippen LogP contribution >= 0.6 is 0 Å². The molecule has 0 unspecified atom stereocenters. The molecule has 0 amide bonds. The van der Waals surface area contributed by atoms with Crippen molar-refractivity contribution in [3.05, 3.63) is 53.4 Å². The summed E-state index contributed by atoms with van der Waals surface area (Å²) in [5.41, 5.74) is 3.62. The van der Waals surface area contributed by atoms with Crippen molar-refractivity contribution in [1.29, 1.82) is 0 Å². The van der Waals surface area contributed by atoms with E-state index in [2.05, 4.69) is 36.3 Å². The average molecular weight is 286 g/mol. The van der Waals surface area contributed by atoms with Gasteiger partial charge >= 0.3 is 0 Å². The molecule has 0 aliphatic rings. The second-order valence-corrected chi connectivity index (χ2v) is 4.94. The Balaban J connectivity index is 1.91. The van der Waals surface area contributed by atoms with Crippen LogP contribution < -0.4 is 4.74 Å². The summed E-state index contributed by atoms with van der Waals surface area (Å²) in [5.74, 6) is 0.902. The Labute approximate surface area is 125 Å². The summed E-state index contributed by atoms with van der Waals surface area (Å²) in [6, 6.07) is 8.14. The quantitative estimate of drug-likeness (QED) is 0.851. The fourth-order valence-corrected chi connectivity index (χ4v) is 2.28. The maximum Gasteiger partial charge on any atom is 0.119 e. The van der Waals surface area contributed by atoms with Gasteiger partial charge in [-0.05, 0) is 55.2 Å². The molecule has 21 heavy (non-hydrogen) atoms. The molecule has 1 heterocycles. The molecule has 0 radical (unpaired) electrons. The van der Waals surface area contributed by atoms with Gasteiger partial charge in [0, 0.05) is 6.20 Å². The van der Waals surface area contributed by atoms with E-state index in [9.17, 15) is 0 Å². The van der Waals surface area contributed by atoms with Gasteiger partial charge in [-0.2, -0.15) is 5.10 Å². The van der Waals surface area contributed by atoms with Gasteiger partial charge in [0.1, 0.15) is 5.75 Å². The lowest BCUT2D eigenvalue weighted by molar-refractivity contribution is 0.269. The smallest absolute Gasteiger partial charge is 0.119 e. The third-order valence-corrected chi connectivity index (χ3v) is 3.48. The van der Waals surface area contributed by atoms with Crippen molar-refractivity contribution >= 4 is 6.08 Å². The SMILES string of the molecule is COc1ccc(CC/C=C/c2ccnn2CCO)c(C)c1. The summed E-state index contributed by atoms with van der Waals surface area (Å²) in [6.07, 6.45) is 7.93. The van der Waals surface area contributed by atoms with E-state index in [0.717, 1.165) is 24.3 Å². The number of nitrogens with zero attached hydrogens (tertiary/aromatic N) is 2. The highest BCUT2D eigenvalue weighted by molar-refractivity contribution is 5.44. The molecule has 0 saturated carbocycles. The Morgan fingerprint density at radius 3 is 2.90 bits per heavy atom. The number of aliphatic hydroxyl groups is 1. The molecular formula is C17H22N2O2. The minimum Gasteiger partial charge on any atom is -0.497 e. The first-order chi connectivity index (χ1) is 10.2. The van der Waals surface area contributed by atoms with Crippen molar-refractivity contribution in [3.63, 3.8) is 0 Å². The Kier molecular flexibility index (Phi) is 5.58. The van der Waals surface area contributed by atoms with Crippen molar-refractivity contribution in [3.8, 4) is 5.75 Å². The summed E-state index contributed by atoms with van der Waals surface area (Å²) < 4.78 is 7.02. The highest BCUT2D eigenvalue weighted by Crippen LogP contribution is 2.18. The zero-order chi connectivity index (χ0) is 15.1. The van der Waals surface area contributed by atoms with Crippen LogP contribution in [0.2, 0.25) is 0 Å². The van der Waals surface area contributed by atoms with E-state index in [0.29, 0.717) is 6.54 Å². The summed E-state index contributed by atoms with van der Waals surface area (Å²) in [6.45, 7) is 2.75. The highest BCUT2D eigenvalue weighted by Gasteiger charge is 2.00. The maximum atomic E-state index is 8.96. The van der Waals surface area contributed by atoms with Crippen molar-refractivity contribution in [1.82, 2.24) is 9.78 Å². The van der Waals surface area contributed by atoms with Gasteiger partial charge in [-0.25, -0.2) is 0 Å². The minimum absolute atomic E-state index is 0.105. The van der Waals surface area contributed by atoms with Crippen molar-refractivity contribution in [2.45, 2.75) is 26.3 Å². The molecule has 1 aromatic heterocycles. The Morgan fingerprint density at radius 2 is 2.19 bits per heavy atom. The lowest BCUT2D eigenvalue weighted by Gasteiger charge is -2.06. The third-order valence-electron chi connectivity index (χ3n) is 3.48. The Morgan fingerprint density at radius 1 is 1.33 bits per heavy atom. The van der Waals surface area contributed by atoms with Crippen LogP contribution in [-0.4, -0.2) is 28.6 Å². The van der Waals surface area contributed by atoms with Gasteiger partial charge in [-0.3, -0.25) is 4.68 Å². The number of rotatable bonds is 7. The Hall–Kier alpha value is -2.07. The molecule has 4 heteroatoms. The lowest BCUT2D eigenvalue weighted by atomic mass is 10.0. The third kappa shape index (κ3) is 4.20. The molecule has 0 aliphatic carbocycles. The van der Waals surface area contributed by atoms with Crippen LogP contribution in [0, 0.1) is 6.92 Å². The molecule has 0 saturated heterocycles. The van der Waals surface area contributed by atoms with Gasteiger partial charge in [0.05, 0.1) is 26.0 Å². The van der Waals surface area contributed by atoms with Crippen LogP contribution in [0.4, 0.5) is 0 Å². The first-order valence-electron chi connectivity index (χ1n) is 7.17. The van der Waals surface area contributed by atoms with E-state index in [1.807, 2.05) is 12.1 Å². The second kappa shape index (κ2) is 7.64. The molecule has 1 aromatic carbocycles. The molecule has 0 atom stereocenters. The van der Waals surface area contributed by atoms with Crippen molar-refractivity contribution < 1.29 is 9.84 Å². The first kappa shape index (κ1) is 15.3. The zero-order valence-corrected chi connectivity index (χ0v) is 12.6. The number of benzene rings is 1. The molecule has 0 bridgehead atoms. The molecule has 2 rings (SSSR count). The van der Waals surface area contributed by atoms with Crippen LogP contribution in [0.1, 0.15) is 23.2 Å². The second-order valence-electron chi connectivity index (χ2n) is 4.94.